The van der Waals surface area contributed by atoms with Crippen LogP contribution in [0, 0.1) is 0 Å². The van der Waals surface area contributed by atoms with Gasteiger partial charge in [-0.05, 0) is 30.5 Å². The maximum absolute atomic E-state index is 11.9. The monoisotopic (exact) mass is 248 g/mol. The van der Waals surface area contributed by atoms with Crippen LogP contribution in [0.2, 0.25) is 0 Å². The van der Waals surface area contributed by atoms with Crippen LogP contribution in [0.3, 0.4) is 0 Å². The number of thioether (sulfide) groups is 1. The molecule has 17 heavy (non-hydrogen) atoms. The summed E-state index contributed by atoms with van der Waals surface area (Å²) in [6.07, 6.45) is 3.53. The number of hydrogen-bond donors (Lipinski definition) is 1. The average molecular weight is 248 g/mol. The van der Waals surface area contributed by atoms with Crippen molar-refractivity contribution < 1.29 is 4.79 Å². The number of amides is 1. The number of carbonyl (C=O) groups excluding carboxylic acids is 1. The molecule has 2 aromatic rings. The molecule has 0 saturated carbocycles. The van der Waals surface area contributed by atoms with Gasteiger partial charge in [-0.1, -0.05) is 0 Å². The van der Waals surface area contributed by atoms with E-state index >= 15 is 0 Å². The smallest absolute Gasteiger partial charge is 0.258 e. The lowest BCUT2D eigenvalue weighted by atomic mass is 10.2. The van der Waals surface area contributed by atoms with Gasteiger partial charge in [0.15, 0.2) is 0 Å². The quantitative estimate of drug-likeness (QED) is 0.841. The first-order valence-electron chi connectivity index (χ1n) is 5.00. The third-order valence-electron chi connectivity index (χ3n) is 2.29. The summed E-state index contributed by atoms with van der Waals surface area (Å²) < 4.78 is 1.65. The first-order valence-corrected chi connectivity index (χ1v) is 6.22. The molecular weight excluding hydrogens is 236 g/mol. The van der Waals surface area contributed by atoms with Gasteiger partial charge in [-0.3, -0.25) is 10.1 Å². The lowest BCUT2D eigenvalue weighted by Crippen LogP contribution is -2.14. The highest BCUT2D eigenvalue weighted by molar-refractivity contribution is 7.98. The molecule has 2 rings (SSSR count). The molecule has 0 aliphatic heterocycles. The van der Waals surface area contributed by atoms with Crippen LogP contribution in [-0.4, -0.2) is 26.9 Å². The van der Waals surface area contributed by atoms with Crippen LogP contribution in [0.4, 0.5) is 5.95 Å². The zero-order valence-electron chi connectivity index (χ0n) is 9.54. The van der Waals surface area contributed by atoms with E-state index in [0.717, 1.165) is 4.90 Å². The van der Waals surface area contributed by atoms with Crippen molar-refractivity contribution in [1.82, 2.24) is 14.8 Å². The molecule has 0 radical (unpaired) electrons. The Morgan fingerprint density at radius 2 is 2.06 bits per heavy atom. The van der Waals surface area contributed by atoms with E-state index < -0.39 is 0 Å². The average Bonchev–Trinajstić information content (AvgIpc) is 2.75. The third kappa shape index (κ3) is 2.65. The Morgan fingerprint density at radius 3 is 2.59 bits per heavy atom. The summed E-state index contributed by atoms with van der Waals surface area (Å²) in [7, 11) is 1.77. The Labute approximate surface area is 103 Å². The Morgan fingerprint density at radius 1 is 1.35 bits per heavy atom. The van der Waals surface area contributed by atoms with Crippen LogP contribution in [0.5, 0.6) is 0 Å². The van der Waals surface area contributed by atoms with Gasteiger partial charge in [0, 0.05) is 17.5 Å². The Hall–Kier alpha value is -1.82. The van der Waals surface area contributed by atoms with Crippen LogP contribution in [0.25, 0.3) is 0 Å². The zero-order valence-corrected chi connectivity index (χ0v) is 10.4. The van der Waals surface area contributed by atoms with Crippen molar-refractivity contribution in [2.24, 2.45) is 7.05 Å². The first-order chi connectivity index (χ1) is 8.20. The minimum absolute atomic E-state index is 0.186. The third-order valence-corrected chi connectivity index (χ3v) is 3.03. The molecule has 0 aliphatic carbocycles. The van der Waals surface area contributed by atoms with Crippen LogP contribution >= 0.6 is 11.8 Å². The van der Waals surface area contributed by atoms with Gasteiger partial charge in [-0.2, -0.15) is 0 Å². The highest BCUT2D eigenvalue weighted by atomic mass is 32.2. The van der Waals surface area contributed by atoms with E-state index in [4.69, 9.17) is 0 Å². The van der Waals surface area contributed by atoms with Gasteiger partial charge >= 0.3 is 0 Å². The molecule has 88 valence electrons. The number of aromatic nitrogens is 3. The van der Waals surface area contributed by atoms with E-state index in [2.05, 4.69) is 15.5 Å². The Balaban J connectivity index is 2.12. The summed E-state index contributed by atoms with van der Waals surface area (Å²) in [4.78, 5) is 13.0. The number of nitrogens with zero attached hydrogens (tertiary/aromatic N) is 3. The number of aryl methyl sites for hydroxylation is 1. The SMILES string of the molecule is CSc1ccc(C(=O)Nc2nncn2C)cc1. The van der Waals surface area contributed by atoms with Gasteiger partial charge in [0.25, 0.3) is 5.91 Å². The normalized spacial score (nSPS) is 10.2. The largest absolute Gasteiger partial charge is 0.303 e. The van der Waals surface area contributed by atoms with E-state index in [9.17, 15) is 4.79 Å². The number of anilines is 1. The molecule has 1 aromatic heterocycles. The van der Waals surface area contributed by atoms with E-state index in [0.29, 0.717) is 11.5 Å². The minimum atomic E-state index is -0.186. The van der Waals surface area contributed by atoms with E-state index in [1.807, 2.05) is 18.4 Å². The molecule has 0 spiro atoms. The molecule has 1 amide bonds. The first kappa shape index (κ1) is 11.7. The topological polar surface area (TPSA) is 59.8 Å². The van der Waals surface area contributed by atoms with Crippen molar-refractivity contribution in [3.63, 3.8) is 0 Å². The van der Waals surface area contributed by atoms with Crippen LogP contribution < -0.4 is 5.32 Å². The lowest BCUT2D eigenvalue weighted by molar-refractivity contribution is 0.102. The van der Waals surface area contributed by atoms with E-state index in [-0.39, 0.29) is 5.91 Å². The molecular formula is C11H12N4OS. The molecule has 0 atom stereocenters. The molecule has 0 saturated heterocycles. The summed E-state index contributed by atoms with van der Waals surface area (Å²) in [6, 6.07) is 7.40. The van der Waals surface area contributed by atoms with Crippen LogP contribution in [0.1, 0.15) is 10.4 Å². The van der Waals surface area contributed by atoms with Gasteiger partial charge in [0.2, 0.25) is 5.95 Å². The molecule has 1 N–H and O–H groups in total. The van der Waals surface area contributed by atoms with Gasteiger partial charge in [-0.15, -0.1) is 22.0 Å². The molecule has 1 heterocycles. The van der Waals surface area contributed by atoms with Crippen molar-refractivity contribution in [2.75, 3.05) is 11.6 Å². The van der Waals surface area contributed by atoms with Crippen molar-refractivity contribution in [1.29, 1.82) is 0 Å². The van der Waals surface area contributed by atoms with Gasteiger partial charge < -0.3 is 4.57 Å². The summed E-state index contributed by atoms with van der Waals surface area (Å²) in [5.74, 6) is 0.248. The van der Waals surface area contributed by atoms with Crippen molar-refractivity contribution >= 4 is 23.6 Å². The lowest BCUT2D eigenvalue weighted by Gasteiger charge is -2.04. The minimum Gasteiger partial charge on any atom is -0.303 e. The number of carbonyl (C=O) groups is 1. The van der Waals surface area contributed by atoms with E-state index in [1.165, 1.54) is 6.33 Å². The van der Waals surface area contributed by atoms with Crippen molar-refractivity contribution in [3.05, 3.63) is 36.2 Å². The standard InChI is InChI=1S/C11H12N4OS/c1-15-7-12-14-11(15)13-10(16)8-3-5-9(17-2)6-4-8/h3-7H,1-2H3,(H,13,14,16). The zero-order chi connectivity index (χ0) is 12.3. The summed E-state index contributed by atoms with van der Waals surface area (Å²) >= 11 is 1.64. The molecule has 6 heteroatoms. The predicted octanol–water partition coefficient (Wildman–Crippen LogP) is 1.79. The molecule has 0 fully saturated rings. The van der Waals surface area contributed by atoms with Crippen LogP contribution in [0.15, 0.2) is 35.5 Å². The van der Waals surface area contributed by atoms with Crippen molar-refractivity contribution in [2.45, 2.75) is 4.90 Å². The second-order valence-electron chi connectivity index (χ2n) is 3.45. The summed E-state index contributed by atoms with van der Waals surface area (Å²) in [5.41, 5.74) is 0.603. The fraction of sp³-hybridized carbons (Fsp3) is 0.182. The highest BCUT2D eigenvalue weighted by Gasteiger charge is 2.08. The maximum Gasteiger partial charge on any atom is 0.258 e. The van der Waals surface area contributed by atoms with Gasteiger partial charge in [0.1, 0.15) is 6.33 Å². The molecule has 0 aliphatic rings. The number of benzene rings is 1. The van der Waals surface area contributed by atoms with Crippen LogP contribution in [-0.2, 0) is 7.05 Å². The Bertz CT molecular complexity index is 521. The van der Waals surface area contributed by atoms with E-state index in [1.54, 1.807) is 35.5 Å². The second-order valence-corrected chi connectivity index (χ2v) is 4.33. The molecule has 5 nitrogen and oxygen atoms in total. The highest BCUT2D eigenvalue weighted by Crippen LogP contribution is 2.15. The number of nitrogens with one attached hydrogen (secondary N) is 1. The van der Waals surface area contributed by atoms with Gasteiger partial charge in [-0.25, -0.2) is 0 Å². The molecule has 0 unspecified atom stereocenters. The second kappa shape index (κ2) is 5.01. The number of rotatable bonds is 3. The summed E-state index contributed by atoms with van der Waals surface area (Å²) in [5, 5.41) is 10.2. The predicted molar refractivity (Wildman–Crippen MR) is 67.2 cm³/mol. The fourth-order valence-corrected chi connectivity index (χ4v) is 1.72. The maximum atomic E-state index is 11.9. The molecule has 0 bridgehead atoms. The molecule has 1 aromatic carbocycles. The summed E-state index contributed by atoms with van der Waals surface area (Å²) in [6.45, 7) is 0. The number of hydrogen-bond acceptors (Lipinski definition) is 4. The Kier molecular flexibility index (Phi) is 3.43. The van der Waals surface area contributed by atoms with Gasteiger partial charge in [0.05, 0.1) is 0 Å². The van der Waals surface area contributed by atoms with Crippen molar-refractivity contribution in [3.8, 4) is 0 Å². The fourth-order valence-electron chi connectivity index (χ4n) is 1.31.